The Morgan fingerprint density at radius 2 is 0.442 bits per heavy atom. The monoisotopic (exact) mass is 661 g/mol. The van der Waals surface area contributed by atoms with Crippen LogP contribution in [0.25, 0.3) is 99.5 Å². The zero-order valence-corrected chi connectivity index (χ0v) is 28.2. The molecule has 10 rings (SSSR count). The Hall–Kier alpha value is -6.97. The summed E-state index contributed by atoms with van der Waals surface area (Å²) in [6.45, 7) is 0. The molecule has 3 heteroatoms. The number of rotatable bonds is 5. The predicted molar refractivity (Wildman–Crippen MR) is 217 cm³/mol. The molecule has 0 atom stereocenters. The zero-order valence-electron chi connectivity index (χ0n) is 28.2. The Morgan fingerprint density at radius 1 is 0.192 bits per heavy atom. The average Bonchev–Trinajstić information content (AvgIpc) is 3.22. The van der Waals surface area contributed by atoms with E-state index in [4.69, 9.17) is 15.0 Å². The molecule has 0 fully saturated rings. The predicted octanol–water partition coefficient (Wildman–Crippen LogP) is 12.8. The summed E-state index contributed by atoms with van der Waals surface area (Å²) in [5, 5.41) is 9.59. The molecule has 52 heavy (non-hydrogen) atoms. The zero-order chi connectivity index (χ0) is 34.4. The molecule has 0 saturated carbocycles. The fraction of sp³-hybridized carbons (Fsp3) is 0. The van der Waals surface area contributed by atoms with Gasteiger partial charge in [-0.3, -0.25) is 0 Å². The van der Waals surface area contributed by atoms with E-state index in [1.165, 1.54) is 49.0 Å². The fourth-order valence-electron chi connectivity index (χ4n) is 7.21. The summed E-state index contributed by atoms with van der Waals surface area (Å²) in [7, 11) is 0. The highest BCUT2D eigenvalue weighted by Gasteiger charge is 2.14. The van der Waals surface area contributed by atoms with E-state index in [2.05, 4.69) is 188 Å². The molecule has 1 heterocycles. The van der Waals surface area contributed by atoms with Crippen LogP contribution < -0.4 is 0 Å². The van der Waals surface area contributed by atoms with Crippen LogP contribution in [0.4, 0.5) is 0 Å². The fourth-order valence-corrected chi connectivity index (χ4v) is 7.21. The van der Waals surface area contributed by atoms with Gasteiger partial charge in [0.25, 0.3) is 0 Å². The van der Waals surface area contributed by atoms with Crippen molar-refractivity contribution in [2.45, 2.75) is 0 Å². The summed E-state index contributed by atoms with van der Waals surface area (Å²) in [6, 6.07) is 66.7. The average molecular weight is 662 g/mol. The van der Waals surface area contributed by atoms with Gasteiger partial charge in [-0.1, -0.05) is 158 Å². The van der Waals surface area contributed by atoms with Crippen LogP contribution in [0, 0.1) is 0 Å². The van der Waals surface area contributed by atoms with Gasteiger partial charge in [0, 0.05) is 16.7 Å². The van der Waals surface area contributed by atoms with Crippen LogP contribution >= 0.6 is 0 Å². The van der Waals surface area contributed by atoms with Crippen molar-refractivity contribution in [1.82, 2.24) is 15.0 Å². The van der Waals surface area contributed by atoms with E-state index in [1.807, 2.05) is 0 Å². The van der Waals surface area contributed by atoms with Gasteiger partial charge in [-0.25, -0.2) is 15.0 Å². The third-order valence-electron chi connectivity index (χ3n) is 10.1. The topological polar surface area (TPSA) is 38.7 Å². The standard InChI is InChI=1S/C49H31N3/c1-4-10-37-27-40(20-15-32(37)7-1)35-13-18-36(19-14-35)47-50-48(45-25-17-34-9-3-6-12-39(34)30-45)52-49(51-47)46-26-24-43-29-42(22-23-44(43)31-46)41-21-16-33-8-2-5-11-38(33)28-41/h1-31H. The molecule has 0 amide bonds. The molecule has 0 spiro atoms. The first kappa shape index (κ1) is 29.9. The van der Waals surface area contributed by atoms with E-state index in [-0.39, 0.29) is 0 Å². The van der Waals surface area contributed by atoms with Crippen LogP contribution in [0.1, 0.15) is 0 Å². The molecule has 0 aliphatic rings. The smallest absolute Gasteiger partial charge is 0.164 e. The molecular formula is C49H31N3. The number of hydrogen-bond acceptors (Lipinski definition) is 3. The number of fused-ring (bicyclic) bond motifs is 4. The molecule has 0 bridgehead atoms. The van der Waals surface area contributed by atoms with Gasteiger partial charge in [0.2, 0.25) is 0 Å². The Balaban J connectivity index is 1.05. The normalized spacial score (nSPS) is 11.5. The quantitative estimate of drug-likeness (QED) is 0.184. The second kappa shape index (κ2) is 12.4. The maximum atomic E-state index is 5.08. The molecule has 0 saturated heterocycles. The highest BCUT2D eigenvalue weighted by molar-refractivity contribution is 5.93. The minimum absolute atomic E-state index is 0.643. The van der Waals surface area contributed by atoms with Crippen molar-refractivity contribution in [3.8, 4) is 56.4 Å². The van der Waals surface area contributed by atoms with Gasteiger partial charge in [-0.2, -0.15) is 0 Å². The first-order chi connectivity index (χ1) is 25.7. The lowest BCUT2D eigenvalue weighted by Gasteiger charge is -2.11. The van der Waals surface area contributed by atoms with Crippen molar-refractivity contribution < 1.29 is 0 Å². The summed E-state index contributed by atoms with van der Waals surface area (Å²) < 4.78 is 0. The molecule has 3 nitrogen and oxygen atoms in total. The number of benzene rings is 9. The van der Waals surface area contributed by atoms with Gasteiger partial charge in [0.05, 0.1) is 0 Å². The Kier molecular flexibility index (Phi) is 7.14. The highest BCUT2D eigenvalue weighted by atomic mass is 15.0. The largest absolute Gasteiger partial charge is 0.208 e. The van der Waals surface area contributed by atoms with E-state index >= 15 is 0 Å². The lowest BCUT2D eigenvalue weighted by atomic mass is 9.98. The summed E-state index contributed by atoms with van der Waals surface area (Å²) in [5.41, 5.74) is 7.57. The van der Waals surface area contributed by atoms with Crippen molar-refractivity contribution in [1.29, 1.82) is 0 Å². The van der Waals surface area contributed by atoms with Crippen molar-refractivity contribution in [2.24, 2.45) is 0 Å². The van der Waals surface area contributed by atoms with Crippen molar-refractivity contribution in [2.75, 3.05) is 0 Å². The second-order valence-corrected chi connectivity index (χ2v) is 13.3. The highest BCUT2D eigenvalue weighted by Crippen LogP contribution is 2.33. The molecule has 242 valence electrons. The number of hydrogen-bond donors (Lipinski definition) is 0. The molecule has 0 unspecified atom stereocenters. The van der Waals surface area contributed by atoms with Crippen LogP contribution in [0.15, 0.2) is 188 Å². The molecule has 1 aromatic heterocycles. The third-order valence-corrected chi connectivity index (χ3v) is 10.1. The van der Waals surface area contributed by atoms with Gasteiger partial charge < -0.3 is 0 Å². The van der Waals surface area contributed by atoms with Crippen LogP contribution in [-0.4, -0.2) is 15.0 Å². The molecule has 9 aromatic carbocycles. The van der Waals surface area contributed by atoms with Crippen LogP contribution in [0.2, 0.25) is 0 Å². The van der Waals surface area contributed by atoms with Crippen LogP contribution in [0.5, 0.6) is 0 Å². The van der Waals surface area contributed by atoms with E-state index in [9.17, 15) is 0 Å². The van der Waals surface area contributed by atoms with E-state index < -0.39 is 0 Å². The van der Waals surface area contributed by atoms with E-state index in [0.717, 1.165) is 33.0 Å². The van der Waals surface area contributed by atoms with Gasteiger partial charge in [-0.15, -0.1) is 0 Å². The van der Waals surface area contributed by atoms with Crippen molar-refractivity contribution in [3.63, 3.8) is 0 Å². The summed E-state index contributed by atoms with van der Waals surface area (Å²) in [4.78, 5) is 15.2. The summed E-state index contributed by atoms with van der Waals surface area (Å²) >= 11 is 0. The minimum Gasteiger partial charge on any atom is -0.208 e. The van der Waals surface area contributed by atoms with Gasteiger partial charge in [0.1, 0.15) is 0 Å². The first-order valence-electron chi connectivity index (χ1n) is 17.6. The Bertz CT molecular complexity index is 2960. The maximum Gasteiger partial charge on any atom is 0.164 e. The number of nitrogens with zero attached hydrogens (tertiary/aromatic N) is 3. The molecular weight excluding hydrogens is 631 g/mol. The van der Waals surface area contributed by atoms with E-state index in [0.29, 0.717) is 17.5 Å². The SMILES string of the molecule is c1ccc2cc(-c3ccc(-c4nc(-c5ccc6ccccc6c5)nc(-c5ccc6cc(-c7ccc8ccccc8c7)ccc6c5)n4)cc3)ccc2c1. The Morgan fingerprint density at radius 3 is 0.865 bits per heavy atom. The van der Waals surface area contributed by atoms with Gasteiger partial charge >= 0.3 is 0 Å². The van der Waals surface area contributed by atoms with Crippen molar-refractivity contribution in [3.05, 3.63) is 188 Å². The maximum absolute atomic E-state index is 5.08. The van der Waals surface area contributed by atoms with E-state index in [1.54, 1.807) is 0 Å². The second-order valence-electron chi connectivity index (χ2n) is 13.3. The van der Waals surface area contributed by atoms with Crippen LogP contribution in [-0.2, 0) is 0 Å². The van der Waals surface area contributed by atoms with Gasteiger partial charge in [0.15, 0.2) is 17.5 Å². The lowest BCUT2D eigenvalue weighted by Crippen LogP contribution is -2.00. The minimum atomic E-state index is 0.643. The van der Waals surface area contributed by atoms with Crippen molar-refractivity contribution >= 4 is 43.1 Å². The van der Waals surface area contributed by atoms with Gasteiger partial charge in [-0.05, 0) is 95.7 Å². The molecule has 0 aliphatic heterocycles. The molecule has 0 N–H and O–H groups in total. The summed E-state index contributed by atoms with van der Waals surface area (Å²) in [6.07, 6.45) is 0. The Labute approximate surface area is 301 Å². The number of aromatic nitrogens is 3. The third kappa shape index (κ3) is 5.55. The summed E-state index contributed by atoms with van der Waals surface area (Å²) in [5.74, 6) is 1.94. The molecule has 0 aliphatic carbocycles. The lowest BCUT2D eigenvalue weighted by molar-refractivity contribution is 1.08. The molecule has 10 aromatic rings. The van der Waals surface area contributed by atoms with Crippen LogP contribution in [0.3, 0.4) is 0 Å². The first-order valence-corrected chi connectivity index (χ1v) is 17.6. The molecule has 0 radical (unpaired) electrons.